The van der Waals surface area contributed by atoms with Crippen molar-refractivity contribution in [3.8, 4) is 11.5 Å². The molecule has 0 aliphatic carbocycles. The van der Waals surface area contributed by atoms with Crippen LogP contribution in [0.15, 0.2) is 78.9 Å². The van der Waals surface area contributed by atoms with E-state index < -0.39 is 23.9 Å². The first-order chi connectivity index (χ1) is 17.0. The first-order valence-electron chi connectivity index (χ1n) is 11.6. The molecule has 0 radical (unpaired) electrons. The van der Waals surface area contributed by atoms with Gasteiger partial charge in [0.15, 0.2) is 5.79 Å². The van der Waals surface area contributed by atoms with Gasteiger partial charge in [0.25, 0.3) is 0 Å². The van der Waals surface area contributed by atoms with Crippen LogP contribution in [0.3, 0.4) is 0 Å². The van der Waals surface area contributed by atoms with E-state index in [0.717, 1.165) is 22.6 Å². The molecule has 3 aromatic rings. The molecule has 1 unspecified atom stereocenters. The van der Waals surface area contributed by atoms with Gasteiger partial charge in [-0.3, -0.25) is 0 Å². The van der Waals surface area contributed by atoms with Crippen molar-refractivity contribution in [2.24, 2.45) is 5.92 Å². The van der Waals surface area contributed by atoms with Gasteiger partial charge in [-0.2, -0.15) is 0 Å². The zero-order valence-corrected chi connectivity index (χ0v) is 20.0. The van der Waals surface area contributed by atoms with Crippen molar-refractivity contribution >= 4 is 0 Å². The second-order valence-corrected chi connectivity index (χ2v) is 8.58. The van der Waals surface area contributed by atoms with Crippen LogP contribution in [0, 0.1) is 5.92 Å². The summed E-state index contributed by atoms with van der Waals surface area (Å²) in [6.45, 7) is 0.574. The molecule has 0 saturated carbocycles. The molecule has 1 aliphatic rings. The Balaban J connectivity index is 1.46. The van der Waals surface area contributed by atoms with Gasteiger partial charge >= 0.3 is 0 Å². The average Bonchev–Trinajstić information content (AvgIpc) is 3.24. The maximum atomic E-state index is 11.5. The number of aliphatic hydroxyl groups excluding tert-OH is 1. The topological polar surface area (TPSA) is 86.6 Å². The quantitative estimate of drug-likeness (QED) is 0.403. The minimum atomic E-state index is -1.62. The average molecular weight is 481 g/mol. The van der Waals surface area contributed by atoms with E-state index in [-0.39, 0.29) is 19.8 Å². The molecule has 2 N–H and O–H groups in total. The molecule has 1 saturated heterocycles. The number of benzene rings is 3. The molecule has 0 aromatic heterocycles. The molecule has 186 valence electrons. The van der Waals surface area contributed by atoms with Crippen molar-refractivity contribution in [3.63, 3.8) is 0 Å². The van der Waals surface area contributed by atoms with E-state index in [1.54, 1.807) is 14.2 Å². The normalized spacial score (nSPS) is 22.6. The molecular weight excluding hydrogens is 448 g/mol. The standard InChI is InChI=1S/C28H32O7/c1-31-23-12-8-20(9-13-23)16-33-18-25-27(26(29)22-6-4-3-5-7-22)34-19-28(25,30)35-17-21-10-14-24(32-2)15-11-21/h3-15,25-27,29-30H,16-19H2,1-2H3/t25-,26?,27-,28+/m0/s1. The molecule has 1 fully saturated rings. The summed E-state index contributed by atoms with van der Waals surface area (Å²) in [6.07, 6.45) is -1.64. The Kier molecular flexibility index (Phi) is 8.38. The smallest absolute Gasteiger partial charge is 0.197 e. The van der Waals surface area contributed by atoms with Crippen molar-refractivity contribution in [2.75, 3.05) is 27.4 Å². The van der Waals surface area contributed by atoms with E-state index in [4.69, 9.17) is 23.7 Å². The third kappa shape index (κ3) is 6.20. The van der Waals surface area contributed by atoms with Crippen LogP contribution in [0.4, 0.5) is 0 Å². The highest BCUT2D eigenvalue weighted by Crippen LogP contribution is 2.39. The summed E-state index contributed by atoms with van der Waals surface area (Å²) in [7, 11) is 3.23. The summed E-state index contributed by atoms with van der Waals surface area (Å²) >= 11 is 0. The lowest BCUT2D eigenvalue weighted by atomic mass is 9.90. The zero-order chi connectivity index (χ0) is 24.7. The number of hydrogen-bond donors (Lipinski definition) is 2. The van der Waals surface area contributed by atoms with Crippen LogP contribution in [0.2, 0.25) is 0 Å². The maximum absolute atomic E-state index is 11.5. The summed E-state index contributed by atoms with van der Waals surface area (Å²) in [5, 5.41) is 22.5. The van der Waals surface area contributed by atoms with E-state index in [1.807, 2.05) is 78.9 Å². The highest BCUT2D eigenvalue weighted by molar-refractivity contribution is 5.27. The van der Waals surface area contributed by atoms with Crippen molar-refractivity contribution in [2.45, 2.75) is 31.2 Å². The van der Waals surface area contributed by atoms with Gasteiger partial charge < -0.3 is 33.9 Å². The highest BCUT2D eigenvalue weighted by Gasteiger charge is 2.52. The van der Waals surface area contributed by atoms with Crippen molar-refractivity contribution < 1.29 is 33.9 Å². The molecule has 4 rings (SSSR count). The van der Waals surface area contributed by atoms with Gasteiger partial charge in [0.1, 0.15) is 24.2 Å². The fraction of sp³-hybridized carbons (Fsp3) is 0.357. The number of ether oxygens (including phenoxy) is 5. The van der Waals surface area contributed by atoms with Crippen molar-refractivity contribution in [3.05, 3.63) is 95.6 Å². The van der Waals surface area contributed by atoms with E-state index in [1.165, 1.54) is 0 Å². The predicted molar refractivity (Wildman–Crippen MR) is 130 cm³/mol. The Hall–Kier alpha value is -2.94. The summed E-state index contributed by atoms with van der Waals surface area (Å²) in [5.41, 5.74) is 2.55. The Morgan fingerprint density at radius 2 is 1.43 bits per heavy atom. The lowest BCUT2D eigenvalue weighted by Crippen LogP contribution is -2.45. The molecule has 4 atom stereocenters. The van der Waals surface area contributed by atoms with E-state index >= 15 is 0 Å². The van der Waals surface area contributed by atoms with Crippen LogP contribution >= 0.6 is 0 Å². The minimum absolute atomic E-state index is 0.0751. The molecule has 0 amide bonds. The summed E-state index contributed by atoms with van der Waals surface area (Å²) in [6, 6.07) is 24.3. The van der Waals surface area contributed by atoms with E-state index in [0.29, 0.717) is 12.2 Å². The van der Waals surface area contributed by atoms with Gasteiger partial charge in [-0.15, -0.1) is 0 Å². The van der Waals surface area contributed by atoms with E-state index in [2.05, 4.69) is 0 Å². The van der Waals surface area contributed by atoms with Crippen LogP contribution in [-0.2, 0) is 27.4 Å². The molecule has 7 heteroatoms. The molecular formula is C28H32O7. The van der Waals surface area contributed by atoms with Crippen LogP contribution < -0.4 is 9.47 Å². The Morgan fingerprint density at radius 1 is 0.857 bits per heavy atom. The number of methoxy groups -OCH3 is 2. The molecule has 1 aliphatic heterocycles. The first-order valence-corrected chi connectivity index (χ1v) is 11.6. The molecule has 1 heterocycles. The SMILES string of the molecule is COc1ccc(COC[C@H]2[C@@H](C(O)c3ccccc3)OC[C@@]2(O)OCc2ccc(OC)cc2)cc1. The van der Waals surface area contributed by atoms with Crippen LogP contribution in [0.25, 0.3) is 0 Å². The number of hydrogen-bond acceptors (Lipinski definition) is 7. The Bertz CT molecular complexity index is 1040. The van der Waals surface area contributed by atoms with Gasteiger partial charge in [-0.1, -0.05) is 54.6 Å². The Labute approximate surface area is 205 Å². The number of aliphatic hydroxyl groups is 2. The third-order valence-electron chi connectivity index (χ3n) is 6.28. The summed E-state index contributed by atoms with van der Waals surface area (Å²) < 4.78 is 28.3. The van der Waals surface area contributed by atoms with Gasteiger partial charge in [0.2, 0.25) is 0 Å². The van der Waals surface area contributed by atoms with Crippen molar-refractivity contribution in [1.29, 1.82) is 0 Å². The summed E-state index contributed by atoms with van der Waals surface area (Å²) in [4.78, 5) is 0. The largest absolute Gasteiger partial charge is 0.497 e. The van der Waals surface area contributed by atoms with Gasteiger partial charge in [-0.25, -0.2) is 0 Å². The second-order valence-electron chi connectivity index (χ2n) is 8.58. The maximum Gasteiger partial charge on any atom is 0.197 e. The first kappa shape index (κ1) is 25.2. The van der Waals surface area contributed by atoms with E-state index in [9.17, 15) is 10.2 Å². The highest BCUT2D eigenvalue weighted by atomic mass is 16.7. The molecule has 0 bridgehead atoms. The summed E-state index contributed by atoms with van der Waals surface area (Å²) in [5.74, 6) is -0.729. The Morgan fingerprint density at radius 3 is 2.00 bits per heavy atom. The lowest BCUT2D eigenvalue weighted by molar-refractivity contribution is -0.238. The van der Waals surface area contributed by atoms with Crippen molar-refractivity contribution in [1.82, 2.24) is 0 Å². The lowest BCUT2D eigenvalue weighted by Gasteiger charge is -2.32. The van der Waals surface area contributed by atoms with Gasteiger partial charge in [-0.05, 0) is 41.0 Å². The van der Waals surface area contributed by atoms with Gasteiger partial charge in [0.05, 0.1) is 46.1 Å². The number of rotatable bonds is 11. The minimum Gasteiger partial charge on any atom is -0.497 e. The molecule has 35 heavy (non-hydrogen) atoms. The van der Waals surface area contributed by atoms with Crippen LogP contribution in [0.1, 0.15) is 22.8 Å². The second kappa shape index (κ2) is 11.7. The van der Waals surface area contributed by atoms with Crippen LogP contribution in [-0.4, -0.2) is 49.5 Å². The predicted octanol–water partition coefficient (Wildman–Crippen LogP) is 3.87. The monoisotopic (exact) mass is 480 g/mol. The third-order valence-corrected chi connectivity index (χ3v) is 6.28. The fourth-order valence-corrected chi connectivity index (χ4v) is 4.18. The molecule has 0 spiro atoms. The molecule has 3 aromatic carbocycles. The van der Waals surface area contributed by atoms with Crippen LogP contribution in [0.5, 0.6) is 11.5 Å². The fourth-order valence-electron chi connectivity index (χ4n) is 4.18. The molecule has 7 nitrogen and oxygen atoms in total. The van der Waals surface area contributed by atoms with Gasteiger partial charge in [0, 0.05) is 0 Å². The zero-order valence-electron chi connectivity index (χ0n) is 20.0.